The van der Waals surface area contributed by atoms with Crippen molar-refractivity contribution in [1.29, 1.82) is 0 Å². The SMILES string of the molecule is CCCCCC(C)(C)CNc1nccc(OCC)n1. The average Bonchev–Trinajstić information content (AvgIpc) is 2.38. The van der Waals surface area contributed by atoms with E-state index >= 15 is 0 Å². The molecule has 0 fully saturated rings. The molecule has 1 aromatic heterocycles. The Kier molecular flexibility index (Phi) is 6.60. The quantitative estimate of drug-likeness (QED) is 0.688. The van der Waals surface area contributed by atoms with Gasteiger partial charge in [-0.25, -0.2) is 4.98 Å². The Morgan fingerprint density at radius 2 is 2.05 bits per heavy atom. The molecule has 4 nitrogen and oxygen atoms in total. The fraction of sp³-hybridized carbons (Fsp3) is 0.733. The van der Waals surface area contributed by atoms with Crippen molar-refractivity contribution in [2.45, 2.75) is 53.4 Å². The van der Waals surface area contributed by atoms with Crippen molar-refractivity contribution in [3.8, 4) is 5.88 Å². The Balaban J connectivity index is 2.44. The summed E-state index contributed by atoms with van der Waals surface area (Å²) in [7, 11) is 0. The van der Waals surface area contributed by atoms with Gasteiger partial charge < -0.3 is 10.1 Å². The molecular formula is C15H27N3O. The summed E-state index contributed by atoms with van der Waals surface area (Å²) in [5, 5.41) is 3.31. The number of ether oxygens (including phenoxy) is 1. The van der Waals surface area contributed by atoms with Gasteiger partial charge in [0.25, 0.3) is 0 Å². The van der Waals surface area contributed by atoms with E-state index in [0.29, 0.717) is 18.4 Å². The van der Waals surface area contributed by atoms with E-state index in [2.05, 4.69) is 36.1 Å². The third kappa shape index (κ3) is 6.41. The number of unbranched alkanes of at least 4 members (excludes halogenated alkanes) is 2. The molecule has 0 radical (unpaired) electrons. The Morgan fingerprint density at radius 1 is 1.26 bits per heavy atom. The minimum Gasteiger partial charge on any atom is -0.478 e. The van der Waals surface area contributed by atoms with Crippen LogP contribution >= 0.6 is 0 Å². The van der Waals surface area contributed by atoms with E-state index in [1.54, 1.807) is 12.3 Å². The van der Waals surface area contributed by atoms with E-state index in [1.165, 1.54) is 25.7 Å². The molecule has 1 rings (SSSR count). The van der Waals surface area contributed by atoms with Gasteiger partial charge in [0.05, 0.1) is 6.61 Å². The highest BCUT2D eigenvalue weighted by molar-refractivity contribution is 5.27. The number of hydrogen-bond acceptors (Lipinski definition) is 4. The van der Waals surface area contributed by atoms with Gasteiger partial charge in [0.15, 0.2) is 0 Å². The topological polar surface area (TPSA) is 47.0 Å². The molecule has 0 spiro atoms. The Labute approximate surface area is 117 Å². The van der Waals surface area contributed by atoms with Crippen molar-refractivity contribution >= 4 is 5.95 Å². The molecule has 0 amide bonds. The third-order valence-electron chi connectivity index (χ3n) is 3.10. The monoisotopic (exact) mass is 265 g/mol. The van der Waals surface area contributed by atoms with Gasteiger partial charge in [0.2, 0.25) is 11.8 Å². The zero-order valence-electron chi connectivity index (χ0n) is 12.7. The van der Waals surface area contributed by atoms with Crippen LogP contribution in [0.3, 0.4) is 0 Å². The van der Waals surface area contributed by atoms with Crippen LogP contribution in [0, 0.1) is 5.41 Å². The maximum absolute atomic E-state index is 5.37. The summed E-state index contributed by atoms with van der Waals surface area (Å²) in [6.07, 6.45) is 6.80. The lowest BCUT2D eigenvalue weighted by atomic mass is 9.87. The Morgan fingerprint density at radius 3 is 2.74 bits per heavy atom. The average molecular weight is 265 g/mol. The summed E-state index contributed by atoms with van der Waals surface area (Å²) in [4.78, 5) is 8.54. The molecule has 19 heavy (non-hydrogen) atoms. The molecule has 0 atom stereocenters. The number of anilines is 1. The summed E-state index contributed by atoms with van der Waals surface area (Å²) < 4.78 is 5.37. The maximum atomic E-state index is 5.37. The summed E-state index contributed by atoms with van der Waals surface area (Å²) in [6.45, 7) is 10.2. The fourth-order valence-electron chi connectivity index (χ4n) is 1.92. The molecule has 0 unspecified atom stereocenters. The summed E-state index contributed by atoms with van der Waals surface area (Å²) in [5.41, 5.74) is 0.264. The van der Waals surface area contributed by atoms with Gasteiger partial charge in [-0.05, 0) is 18.8 Å². The normalized spacial score (nSPS) is 11.4. The molecule has 0 aliphatic carbocycles. The minimum atomic E-state index is 0.264. The molecule has 0 bridgehead atoms. The van der Waals surface area contributed by atoms with Gasteiger partial charge in [-0.3, -0.25) is 0 Å². The predicted molar refractivity (Wildman–Crippen MR) is 79.6 cm³/mol. The van der Waals surface area contributed by atoms with Crippen LogP contribution < -0.4 is 10.1 Å². The largest absolute Gasteiger partial charge is 0.478 e. The van der Waals surface area contributed by atoms with Gasteiger partial charge in [-0.2, -0.15) is 4.98 Å². The second-order valence-corrected chi connectivity index (χ2v) is 5.63. The van der Waals surface area contributed by atoms with E-state index in [0.717, 1.165) is 6.54 Å². The highest BCUT2D eigenvalue weighted by Crippen LogP contribution is 2.24. The molecule has 1 aromatic rings. The molecule has 4 heteroatoms. The van der Waals surface area contributed by atoms with Gasteiger partial charge in [-0.15, -0.1) is 0 Å². The van der Waals surface area contributed by atoms with Crippen LogP contribution in [-0.4, -0.2) is 23.1 Å². The van der Waals surface area contributed by atoms with Gasteiger partial charge in [0.1, 0.15) is 0 Å². The zero-order valence-corrected chi connectivity index (χ0v) is 12.7. The summed E-state index contributed by atoms with van der Waals surface area (Å²) in [5.74, 6) is 1.28. The number of aromatic nitrogens is 2. The van der Waals surface area contributed by atoms with Gasteiger partial charge in [0, 0.05) is 18.8 Å². The minimum absolute atomic E-state index is 0.264. The van der Waals surface area contributed by atoms with Gasteiger partial charge in [-0.1, -0.05) is 40.0 Å². The van der Waals surface area contributed by atoms with Crippen LogP contribution in [0.1, 0.15) is 53.4 Å². The van der Waals surface area contributed by atoms with Crippen molar-refractivity contribution in [3.63, 3.8) is 0 Å². The van der Waals surface area contributed by atoms with Crippen LogP contribution in [0.15, 0.2) is 12.3 Å². The first kappa shape index (κ1) is 15.7. The molecule has 1 N–H and O–H groups in total. The fourth-order valence-corrected chi connectivity index (χ4v) is 1.92. The second kappa shape index (κ2) is 7.97. The number of rotatable bonds is 9. The molecular weight excluding hydrogens is 238 g/mol. The molecule has 108 valence electrons. The van der Waals surface area contributed by atoms with Crippen molar-refractivity contribution in [2.24, 2.45) is 5.41 Å². The Bertz CT molecular complexity index is 366. The molecule has 0 saturated heterocycles. The zero-order chi connectivity index (χ0) is 14.1. The molecule has 0 saturated carbocycles. The lowest BCUT2D eigenvalue weighted by molar-refractivity contribution is 0.325. The highest BCUT2D eigenvalue weighted by Gasteiger charge is 2.17. The van der Waals surface area contributed by atoms with E-state index in [1.807, 2.05) is 6.92 Å². The van der Waals surface area contributed by atoms with E-state index in [9.17, 15) is 0 Å². The maximum Gasteiger partial charge on any atom is 0.225 e. The lowest BCUT2D eigenvalue weighted by Gasteiger charge is -2.24. The van der Waals surface area contributed by atoms with Crippen LogP contribution in [-0.2, 0) is 0 Å². The van der Waals surface area contributed by atoms with Crippen LogP contribution in [0.4, 0.5) is 5.95 Å². The molecule has 0 aromatic carbocycles. The van der Waals surface area contributed by atoms with Crippen molar-refractivity contribution < 1.29 is 4.74 Å². The standard InChI is InChI=1S/C15H27N3O/c1-5-7-8-10-15(3,4)12-17-14-16-11-9-13(18-14)19-6-2/h9,11H,5-8,10,12H2,1-4H3,(H,16,17,18). The highest BCUT2D eigenvalue weighted by atomic mass is 16.5. The van der Waals surface area contributed by atoms with Crippen LogP contribution in [0.25, 0.3) is 0 Å². The summed E-state index contributed by atoms with van der Waals surface area (Å²) >= 11 is 0. The number of nitrogens with zero attached hydrogens (tertiary/aromatic N) is 2. The first-order chi connectivity index (χ1) is 9.07. The molecule has 0 aliphatic heterocycles. The number of nitrogens with one attached hydrogen (secondary N) is 1. The first-order valence-electron chi connectivity index (χ1n) is 7.27. The number of hydrogen-bond donors (Lipinski definition) is 1. The van der Waals surface area contributed by atoms with E-state index < -0.39 is 0 Å². The van der Waals surface area contributed by atoms with Crippen LogP contribution in [0.2, 0.25) is 0 Å². The molecule has 1 heterocycles. The van der Waals surface area contributed by atoms with E-state index in [4.69, 9.17) is 4.74 Å². The van der Waals surface area contributed by atoms with E-state index in [-0.39, 0.29) is 5.41 Å². The van der Waals surface area contributed by atoms with Crippen molar-refractivity contribution in [1.82, 2.24) is 9.97 Å². The molecule has 0 aliphatic rings. The third-order valence-corrected chi connectivity index (χ3v) is 3.10. The Hall–Kier alpha value is -1.32. The summed E-state index contributed by atoms with van der Waals surface area (Å²) in [6, 6.07) is 1.78. The second-order valence-electron chi connectivity index (χ2n) is 5.63. The lowest BCUT2D eigenvalue weighted by Crippen LogP contribution is -2.24. The van der Waals surface area contributed by atoms with Crippen LogP contribution in [0.5, 0.6) is 5.88 Å². The van der Waals surface area contributed by atoms with Crippen molar-refractivity contribution in [2.75, 3.05) is 18.5 Å². The van der Waals surface area contributed by atoms with Crippen molar-refractivity contribution in [3.05, 3.63) is 12.3 Å². The smallest absolute Gasteiger partial charge is 0.225 e. The predicted octanol–water partition coefficient (Wildman–Crippen LogP) is 3.89. The van der Waals surface area contributed by atoms with Gasteiger partial charge >= 0.3 is 0 Å². The first-order valence-corrected chi connectivity index (χ1v) is 7.27.